The van der Waals surface area contributed by atoms with Crippen molar-refractivity contribution < 1.29 is 4.79 Å². The highest BCUT2D eigenvalue weighted by Crippen LogP contribution is 2.15. The Morgan fingerprint density at radius 3 is 2.95 bits per heavy atom. The van der Waals surface area contributed by atoms with E-state index in [9.17, 15) is 4.79 Å². The van der Waals surface area contributed by atoms with E-state index in [0.29, 0.717) is 6.04 Å². The van der Waals surface area contributed by atoms with Gasteiger partial charge in [-0.1, -0.05) is 13.8 Å². The van der Waals surface area contributed by atoms with Gasteiger partial charge in [0.1, 0.15) is 5.82 Å². The molecule has 0 bridgehead atoms. The van der Waals surface area contributed by atoms with E-state index < -0.39 is 0 Å². The van der Waals surface area contributed by atoms with E-state index >= 15 is 0 Å². The number of aromatic nitrogens is 1. The molecule has 2 rings (SSSR count). The van der Waals surface area contributed by atoms with Gasteiger partial charge in [0.15, 0.2) is 0 Å². The largest absolute Gasteiger partial charge is 0.370 e. The zero-order valence-corrected chi connectivity index (χ0v) is 13.3. The minimum Gasteiger partial charge on any atom is -0.370 e. The van der Waals surface area contributed by atoms with Crippen LogP contribution in [-0.2, 0) is 0 Å². The zero-order chi connectivity index (χ0) is 15.2. The lowest BCUT2D eigenvalue weighted by atomic mass is 10.1. The highest BCUT2D eigenvalue weighted by atomic mass is 16.2. The van der Waals surface area contributed by atoms with Gasteiger partial charge in [-0.2, -0.15) is 0 Å². The Kier molecular flexibility index (Phi) is 5.56. The normalized spacial score (nSPS) is 19.6. The van der Waals surface area contributed by atoms with Gasteiger partial charge in [0.2, 0.25) is 0 Å². The summed E-state index contributed by atoms with van der Waals surface area (Å²) < 4.78 is 0. The Morgan fingerprint density at radius 2 is 2.24 bits per heavy atom. The van der Waals surface area contributed by atoms with Crippen molar-refractivity contribution in [1.29, 1.82) is 0 Å². The van der Waals surface area contributed by atoms with Gasteiger partial charge < -0.3 is 10.2 Å². The van der Waals surface area contributed by atoms with Gasteiger partial charge in [0, 0.05) is 44.0 Å². The third kappa shape index (κ3) is 3.94. The fraction of sp³-hybridized carbons (Fsp3) is 0.625. The molecule has 0 radical (unpaired) electrons. The number of nitrogens with zero attached hydrogens (tertiary/aromatic N) is 3. The van der Waals surface area contributed by atoms with E-state index in [-0.39, 0.29) is 5.91 Å². The first-order valence-electron chi connectivity index (χ1n) is 7.85. The molecule has 1 saturated heterocycles. The zero-order valence-electron chi connectivity index (χ0n) is 13.3. The lowest BCUT2D eigenvalue weighted by molar-refractivity contribution is 0.0542. The molecule has 0 saturated carbocycles. The number of likely N-dealkylation sites (N-methyl/N-ethyl adjacent to an activating group) is 1. The standard InChI is InChI=1S/C16H26N4O/c1-4-7-17-15-11-13(6-8-18-15)16(21)20-10-9-19(3)14(5-2)12-20/h6,8,11,14H,4-5,7,9-10,12H2,1-3H3,(H,17,18). The van der Waals surface area contributed by atoms with Crippen molar-refractivity contribution in [3.63, 3.8) is 0 Å². The third-order valence-corrected chi connectivity index (χ3v) is 4.10. The summed E-state index contributed by atoms with van der Waals surface area (Å²) in [5, 5.41) is 3.23. The topological polar surface area (TPSA) is 48.5 Å². The molecule has 1 amide bonds. The van der Waals surface area contributed by atoms with Gasteiger partial charge in [-0.25, -0.2) is 4.98 Å². The van der Waals surface area contributed by atoms with E-state index in [1.165, 1.54) is 0 Å². The first-order chi connectivity index (χ1) is 10.2. The molecule has 1 aliphatic rings. The summed E-state index contributed by atoms with van der Waals surface area (Å²) in [5.41, 5.74) is 0.725. The highest BCUT2D eigenvalue weighted by Gasteiger charge is 2.26. The number of amides is 1. The van der Waals surface area contributed by atoms with Crippen LogP contribution in [0.5, 0.6) is 0 Å². The Labute approximate surface area is 127 Å². The number of anilines is 1. The van der Waals surface area contributed by atoms with Crippen LogP contribution >= 0.6 is 0 Å². The summed E-state index contributed by atoms with van der Waals surface area (Å²) >= 11 is 0. The fourth-order valence-electron chi connectivity index (χ4n) is 2.67. The van der Waals surface area contributed by atoms with Crippen molar-refractivity contribution in [1.82, 2.24) is 14.8 Å². The molecule has 5 nitrogen and oxygen atoms in total. The molecule has 2 heterocycles. The first-order valence-corrected chi connectivity index (χ1v) is 7.85. The maximum Gasteiger partial charge on any atom is 0.254 e. The van der Waals surface area contributed by atoms with Crippen LogP contribution in [0.25, 0.3) is 0 Å². The van der Waals surface area contributed by atoms with Crippen molar-refractivity contribution in [2.75, 3.05) is 38.5 Å². The van der Waals surface area contributed by atoms with Gasteiger partial charge in [-0.05, 0) is 32.0 Å². The molecule has 1 N–H and O–H groups in total. The van der Waals surface area contributed by atoms with Gasteiger partial charge in [-0.3, -0.25) is 9.69 Å². The number of hydrogen-bond donors (Lipinski definition) is 1. The number of nitrogens with one attached hydrogen (secondary N) is 1. The third-order valence-electron chi connectivity index (χ3n) is 4.10. The SMILES string of the molecule is CCCNc1cc(C(=O)N2CCN(C)C(CC)C2)ccn1. The van der Waals surface area contributed by atoms with Crippen LogP contribution in [0.1, 0.15) is 37.0 Å². The molecule has 1 aromatic heterocycles. The summed E-state index contributed by atoms with van der Waals surface area (Å²) in [6.07, 6.45) is 3.81. The molecule has 5 heteroatoms. The quantitative estimate of drug-likeness (QED) is 0.902. The second-order valence-corrected chi connectivity index (χ2v) is 5.65. The Bertz CT molecular complexity index is 477. The van der Waals surface area contributed by atoms with E-state index in [0.717, 1.165) is 50.4 Å². The van der Waals surface area contributed by atoms with Crippen molar-refractivity contribution >= 4 is 11.7 Å². The van der Waals surface area contributed by atoms with E-state index in [4.69, 9.17) is 0 Å². The van der Waals surface area contributed by atoms with Crippen molar-refractivity contribution in [2.24, 2.45) is 0 Å². The van der Waals surface area contributed by atoms with E-state index in [1.807, 2.05) is 11.0 Å². The average Bonchev–Trinajstić information content (AvgIpc) is 2.53. The lowest BCUT2D eigenvalue weighted by Gasteiger charge is -2.39. The van der Waals surface area contributed by atoms with Crippen molar-refractivity contribution in [2.45, 2.75) is 32.7 Å². The fourth-order valence-corrected chi connectivity index (χ4v) is 2.67. The Morgan fingerprint density at radius 1 is 1.43 bits per heavy atom. The second-order valence-electron chi connectivity index (χ2n) is 5.65. The predicted octanol–water partition coefficient (Wildman–Crippen LogP) is 2.07. The Balaban J connectivity index is 2.05. The van der Waals surface area contributed by atoms with Gasteiger partial charge in [0.05, 0.1) is 0 Å². The molecule has 1 fully saturated rings. The van der Waals surface area contributed by atoms with Gasteiger partial charge in [0.25, 0.3) is 5.91 Å². The van der Waals surface area contributed by atoms with E-state index in [1.54, 1.807) is 12.3 Å². The van der Waals surface area contributed by atoms with Gasteiger partial charge in [-0.15, -0.1) is 0 Å². The minimum atomic E-state index is 0.114. The molecule has 1 aliphatic heterocycles. The monoisotopic (exact) mass is 290 g/mol. The lowest BCUT2D eigenvalue weighted by Crippen LogP contribution is -2.52. The number of rotatable bonds is 5. The number of pyridine rings is 1. The Hall–Kier alpha value is -1.62. The van der Waals surface area contributed by atoms with Crippen LogP contribution in [0.3, 0.4) is 0 Å². The number of hydrogen-bond acceptors (Lipinski definition) is 4. The first kappa shape index (κ1) is 15.8. The minimum absolute atomic E-state index is 0.114. The number of carbonyl (C=O) groups is 1. The number of piperazine rings is 1. The van der Waals surface area contributed by atoms with Crippen LogP contribution in [-0.4, -0.2) is 60.0 Å². The summed E-state index contributed by atoms with van der Waals surface area (Å²) in [6, 6.07) is 4.12. The van der Waals surface area contributed by atoms with Crippen LogP contribution in [0.2, 0.25) is 0 Å². The predicted molar refractivity (Wildman–Crippen MR) is 85.6 cm³/mol. The summed E-state index contributed by atoms with van der Waals surface area (Å²) in [6.45, 7) is 7.70. The van der Waals surface area contributed by atoms with Crippen LogP contribution in [0.4, 0.5) is 5.82 Å². The van der Waals surface area contributed by atoms with Crippen LogP contribution in [0.15, 0.2) is 18.3 Å². The maximum absolute atomic E-state index is 12.6. The van der Waals surface area contributed by atoms with Crippen LogP contribution < -0.4 is 5.32 Å². The molecule has 1 unspecified atom stereocenters. The smallest absolute Gasteiger partial charge is 0.254 e. The summed E-state index contributed by atoms with van der Waals surface area (Å²) in [7, 11) is 2.13. The summed E-state index contributed by atoms with van der Waals surface area (Å²) in [5.74, 6) is 0.896. The molecule has 116 valence electrons. The van der Waals surface area contributed by atoms with Crippen molar-refractivity contribution in [3.8, 4) is 0 Å². The van der Waals surface area contributed by atoms with E-state index in [2.05, 4.69) is 36.1 Å². The summed E-state index contributed by atoms with van der Waals surface area (Å²) in [4.78, 5) is 21.2. The molecule has 1 atom stereocenters. The molecular formula is C16H26N4O. The highest BCUT2D eigenvalue weighted by molar-refractivity contribution is 5.94. The average molecular weight is 290 g/mol. The molecular weight excluding hydrogens is 264 g/mol. The molecule has 0 aromatic carbocycles. The van der Waals surface area contributed by atoms with Crippen molar-refractivity contribution in [3.05, 3.63) is 23.9 Å². The molecule has 0 aliphatic carbocycles. The number of carbonyl (C=O) groups excluding carboxylic acids is 1. The molecule has 0 spiro atoms. The molecule has 21 heavy (non-hydrogen) atoms. The maximum atomic E-state index is 12.6. The van der Waals surface area contributed by atoms with Crippen LogP contribution in [0, 0.1) is 0 Å². The van der Waals surface area contributed by atoms with Gasteiger partial charge >= 0.3 is 0 Å². The second kappa shape index (κ2) is 7.41. The molecule has 1 aromatic rings.